The van der Waals surface area contributed by atoms with Gasteiger partial charge in [-0.15, -0.1) is 0 Å². The zero-order valence-electron chi connectivity index (χ0n) is 16.9. The second-order valence-electron chi connectivity index (χ2n) is 7.52. The number of amides is 2. The maximum atomic E-state index is 12.5. The lowest BCUT2D eigenvalue weighted by atomic mass is 9.92. The van der Waals surface area contributed by atoms with Crippen molar-refractivity contribution in [2.45, 2.75) is 52.5 Å². The Morgan fingerprint density at radius 3 is 2.75 bits per heavy atom. The molecule has 1 aliphatic rings. The summed E-state index contributed by atoms with van der Waals surface area (Å²) in [4.78, 5) is 37.5. The second kappa shape index (κ2) is 10.2. The Morgan fingerprint density at radius 2 is 2.07 bits per heavy atom. The van der Waals surface area contributed by atoms with Crippen LogP contribution in [0, 0.1) is 23.0 Å². The molecule has 0 saturated carbocycles. The van der Waals surface area contributed by atoms with Crippen LogP contribution in [0.2, 0.25) is 0 Å². The van der Waals surface area contributed by atoms with Gasteiger partial charge < -0.3 is 10.6 Å². The topological polar surface area (TPSA) is 105 Å². The Labute approximate surface area is 165 Å². The normalized spacial score (nSPS) is 19.8. The average Bonchev–Trinajstić information content (AvgIpc) is 2.65. The number of likely N-dealkylation sites (tertiary alicyclic amines) is 1. The Kier molecular flexibility index (Phi) is 7.92. The van der Waals surface area contributed by atoms with Crippen LogP contribution in [0.1, 0.15) is 45.1 Å². The number of unbranched alkanes of at least 4 members (excludes halogenated alkanes) is 1. The summed E-state index contributed by atoms with van der Waals surface area (Å²) >= 11 is 0. The molecule has 0 radical (unpaired) electrons. The number of benzene rings is 1. The predicted octanol–water partition coefficient (Wildman–Crippen LogP) is 2.86. The van der Waals surface area contributed by atoms with Gasteiger partial charge in [0.05, 0.1) is 17.4 Å². The van der Waals surface area contributed by atoms with Crippen molar-refractivity contribution in [1.29, 1.82) is 0 Å². The van der Waals surface area contributed by atoms with Crippen LogP contribution in [-0.4, -0.2) is 47.3 Å². The first kappa shape index (κ1) is 21.8. The second-order valence-corrected chi connectivity index (χ2v) is 7.52. The van der Waals surface area contributed by atoms with Crippen LogP contribution in [0.3, 0.4) is 0 Å². The molecule has 0 bridgehead atoms. The number of anilines is 1. The molecule has 2 unspecified atom stereocenters. The zero-order chi connectivity index (χ0) is 20.7. The fourth-order valence-corrected chi connectivity index (χ4v) is 3.42. The van der Waals surface area contributed by atoms with E-state index in [9.17, 15) is 19.7 Å². The monoisotopic (exact) mass is 390 g/mol. The van der Waals surface area contributed by atoms with Crippen LogP contribution in [0.15, 0.2) is 18.2 Å². The molecule has 0 spiro atoms. The molecular weight excluding hydrogens is 360 g/mol. The van der Waals surface area contributed by atoms with Gasteiger partial charge in [0, 0.05) is 25.2 Å². The fourth-order valence-electron chi connectivity index (χ4n) is 3.42. The standard InChI is InChI=1S/C20H30N4O4/c1-4-5-10-21-20(26)16-8-7-15(3)23(12-16)13-19(25)22-17-9-6-14(2)11-18(17)24(27)28/h6,9,11,15-16H,4-5,7-8,10,12-13H2,1-3H3,(H,21,26)(H,22,25). The number of nitro groups is 1. The number of rotatable bonds is 8. The van der Waals surface area contributed by atoms with Gasteiger partial charge in [0.1, 0.15) is 5.69 Å². The number of carbonyl (C=O) groups is 2. The SMILES string of the molecule is CCCCNC(=O)C1CCC(C)N(CC(=O)Nc2ccc(C)cc2[N+](=O)[O-])C1. The molecule has 8 heteroatoms. The van der Waals surface area contributed by atoms with Gasteiger partial charge in [-0.25, -0.2) is 0 Å². The lowest BCUT2D eigenvalue weighted by Gasteiger charge is -2.36. The van der Waals surface area contributed by atoms with Gasteiger partial charge >= 0.3 is 0 Å². The summed E-state index contributed by atoms with van der Waals surface area (Å²) in [6, 6.07) is 4.89. The molecule has 0 aliphatic carbocycles. The molecular formula is C20H30N4O4. The molecule has 1 saturated heterocycles. The highest BCUT2D eigenvalue weighted by Gasteiger charge is 2.31. The summed E-state index contributed by atoms with van der Waals surface area (Å²) < 4.78 is 0. The van der Waals surface area contributed by atoms with Crippen LogP contribution in [0.4, 0.5) is 11.4 Å². The smallest absolute Gasteiger partial charge is 0.293 e. The molecule has 1 aromatic rings. The van der Waals surface area contributed by atoms with Crippen molar-refractivity contribution < 1.29 is 14.5 Å². The lowest BCUT2D eigenvalue weighted by molar-refractivity contribution is -0.384. The van der Waals surface area contributed by atoms with Gasteiger partial charge in [-0.2, -0.15) is 0 Å². The van der Waals surface area contributed by atoms with E-state index in [0.717, 1.165) is 31.2 Å². The molecule has 2 atom stereocenters. The van der Waals surface area contributed by atoms with Crippen LogP contribution >= 0.6 is 0 Å². The minimum absolute atomic E-state index is 0.0416. The Bertz CT molecular complexity index is 722. The zero-order valence-corrected chi connectivity index (χ0v) is 16.9. The predicted molar refractivity (Wildman–Crippen MR) is 108 cm³/mol. The molecule has 8 nitrogen and oxygen atoms in total. The number of nitrogens with zero attached hydrogens (tertiary/aromatic N) is 2. The van der Waals surface area contributed by atoms with Gasteiger partial charge in [-0.3, -0.25) is 24.6 Å². The van der Waals surface area contributed by atoms with Crippen molar-refractivity contribution in [3.05, 3.63) is 33.9 Å². The maximum Gasteiger partial charge on any atom is 0.293 e. The van der Waals surface area contributed by atoms with E-state index in [4.69, 9.17) is 0 Å². The fraction of sp³-hybridized carbons (Fsp3) is 0.600. The van der Waals surface area contributed by atoms with Gasteiger partial charge in [0.15, 0.2) is 0 Å². The van der Waals surface area contributed by atoms with Gasteiger partial charge in [0.25, 0.3) is 5.69 Å². The third-order valence-electron chi connectivity index (χ3n) is 5.18. The van der Waals surface area contributed by atoms with Crippen LogP contribution in [-0.2, 0) is 9.59 Å². The van der Waals surface area contributed by atoms with Crippen molar-refractivity contribution in [2.75, 3.05) is 25.0 Å². The minimum Gasteiger partial charge on any atom is -0.356 e. The highest BCUT2D eigenvalue weighted by Crippen LogP contribution is 2.26. The number of piperidine rings is 1. The number of aryl methyl sites for hydroxylation is 1. The summed E-state index contributed by atoms with van der Waals surface area (Å²) in [5, 5.41) is 16.8. The lowest BCUT2D eigenvalue weighted by Crippen LogP contribution is -2.49. The number of hydrogen-bond acceptors (Lipinski definition) is 5. The molecule has 28 heavy (non-hydrogen) atoms. The molecule has 1 heterocycles. The van der Waals surface area contributed by atoms with Crippen molar-refractivity contribution in [3.8, 4) is 0 Å². The van der Waals surface area contributed by atoms with E-state index < -0.39 is 4.92 Å². The Hall–Kier alpha value is -2.48. The maximum absolute atomic E-state index is 12.5. The largest absolute Gasteiger partial charge is 0.356 e. The van der Waals surface area contributed by atoms with E-state index in [1.807, 2.05) is 11.8 Å². The molecule has 154 valence electrons. The van der Waals surface area contributed by atoms with E-state index >= 15 is 0 Å². The Balaban J connectivity index is 1.96. The highest BCUT2D eigenvalue weighted by molar-refractivity contribution is 5.94. The van der Waals surface area contributed by atoms with Gasteiger partial charge in [-0.05, 0) is 44.7 Å². The molecule has 2 N–H and O–H groups in total. The van der Waals surface area contributed by atoms with Gasteiger partial charge in [0.2, 0.25) is 11.8 Å². The number of hydrogen-bond donors (Lipinski definition) is 2. The van der Waals surface area contributed by atoms with E-state index in [1.165, 1.54) is 6.07 Å². The van der Waals surface area contributed by atoms with Crippen LogP contribution < -0.4 is 10.6 Å². The Morgan fingerprint density at radius 1 is 1.32 bits per heavy atom. The van der Waals surface area contributed by atoms with Crippen molar-refractivity contribution in [3.63, 3.8) is 0 Å². The first-order valence-electron chi connectivity index (χ1n) is 9.88. The minimum atomic E-state index is -0.497. The summed E-state index contributed by atoms with van der Waals surface area (Å²) in [6.45, 7) is 7.17. The van der Waals surface area contributed by atoms with Crippen molar-refractivity contribution >= 4 is 23.2 Å². The molecule has 2 rings (SSSR count). The number of carbonyl (C=O) groups excluding carboxylic acids is 2. The third kappa shape index (κ3) is 6.02. The van der Waals surface area contributed by atoms with E-state index in [1.54, 1.807) is 19.1 Å². The first-order chi connectivity index (χ1) is 13.3. The highest BCUT2D eigenvalue weighted by atomic mass is 16.6. The molecule has 0 aromatic heterocycles. The molecule has 2 amide bonds. The van der Waals surface area contributed by atoms with Crippen molar-refractivity contribution in [2.24, 2.45) is 5.92 Å². The summed E-state index contributed by atoms with van der Waals surface area (Å²) in [6.07, 6.45) is 3.63. The quantitative estimate of drug-likeness (QED) is 0.403. The number of nitro benzene ring substituents is 1. The number of nitrogens with one attached hydrogen (secondary N) is 2. The summed E-state index contributed by atoms with van der Waals surface area (Å²) in [5.41, 5.74) is 0.832. The summed E-state index contributed by atoms with van der Waals surface area (Å²) in [5.74, 6) is -0.402. The molecule has 1 fully saturated rings. The van der Waals surface area contributed by atoms with Crippen molar-refractivity contribution in [1.82, 2.24) is 10.2 Å². The molecule has 1 aliphatic heterocycles. The average molecular weight is 390 g/mol. The van der Waals surface area contributed by atoms with Crippen LogP contribution in [0.5, 0.6) is 0 Å². The third-order valence-corrected chi connectivity index (χ3v) is 5.18. The van der Waals surface area contributed by atoms with E-state index in [2.05, 4.69) is 17.6 Å². The van der Waals surface area contributed by atoms with Crippen LogP contribution in [0.25, 0.3) is 0 Å². The first-order valence-corrected chi connectivity index (χ1v) is 9.88. The van der Waals surface area contributed by atoms with E-state index in [0.29, 0.717) is 13.1 Å². The summed E-state index contributed by atoms with van der Waals surface area (Å²) in [7, 11) is 0. The molecule has 1 aromatic carbocycles. The van der Waals surface area contributed by atoms with E-state index in [-0.39, 0.29) is 41.7 Å². The van der Waals surface area contributed by atoms with Gasteiger partial charge in [-0.1, -0.05) is 19.4 Å².